The van der Waals surface area contributed by atoms with Crippen molar-refractivity contribution in [3.8, 4) is 0 Å². The number of hydrogen-bond donors (Lipinski definition) is 0. The Balaban J connectivity index is 1.61. The average Bonchev–Trinajstić information content (AvgIpc) is 3.20. The second kappa shape index (κ2) is 9.36. The molecule has 1 fully saturated rings. The maximum atomic E-state index is 13.9. The minimum Gasteiger partial charge on any atom is -0.313 e. The maximum absolute atomic E-state index is 13.9. The Labute approximate surface area is 190 Å². The van der Waals surface area contributed by atoms with Gasteiger partial charge in [-0.15, -0.1) is 0 Å². The van der Waals surface area contributed by atoms with Gasteiger partial charge in [0.05, 0.1) is 11.2 Å². The Morgan fingerprint density at radius 2 is 1.65 bits per heavy atom. The van der Waals surface area contributed by atoms with Gasteiger partial charge in [0, 0.05) is 24.4 Å². The number of halogens is 5. The summed E-state index contributed by atoms with van der Waals surface area (Å²) in [5.74, 6) is -13.5. The summed E-state index contributed by atoms with van der Waals surface area (Å²) in [6.45, 7) is 1.45. The van der Waals surface area contributed by atoms with Crippen LogP contribution in [-0.4, -0.2) is 22.2 Å². The van der Waals surface area contributed by atoms with E-state index in [2.05, 4.69) is 9.99 Å². The fourth-order valence-electron chi connectivity index (χ4n) is 4.28. The van der Waals surface area contributed by atoms with Gasteiger partial charge in [0.2, 0.25) is 11.7 Å². The van der Waals surface area contributed by atoms with E-state index in [1.54, 1.807) is 6.20 Å². The highest BCUT2D eigenvalue weighted by Gasteiger charge is 2.31. The lowest BCUT2D eigenvalue weighted by Gasteiger charge is -2.23. The Hall–Kier alpha value is -3.56. The van der Waals surface area contributed by atoms with Crippen LogP contribution in [0.3, 0.4) is 0 Å². The standard InChI is InChI=1S/C24H19F5N2O3/c1-12(32)31-11-14(15-7-3-5-9-17(15)31)10-13-6-2-4-8-16(13)30-34-24(33)18-19(25)21(27)23(29)22(28)20(18)26/h3,5,7,9,11,13H,2,4,6,8,10H2,1H3/b30-16+. The Bertz CT molecular complexity index is 1300. The third-order valence-corrected chi connectivity index (χ3v) is 5.97. The zero-order chi connectivity index (χ0) is 24.6. The van der Waals surface area contributed by atoms with Gasteiger partial charge in [0.25, 0.3) is 0 Å². The second-order valence-corrected chi connectivity index (χ2v) is 8.11. The molecule has 1 atom stereocenters. The summed E-state index contributed by atoms with van der Waals surface area (Å²) in [7, 11) is 0. The lowest BCUT2D eigenvalue weighted by atomic mass is 9.83. The molecule has 1 aromatic heterocycles. The number of nitrogens with zero attached hydrogens (tertiary/aromatic N) is 2. The molecule has 0 radical (unpaired) electrons. The molecule has 0 N–H and O–H groups in total. The van der Waals surface area contributed by atoms with Crippen LogP contribution in [0.2, 0.25) is 0 Å². The van der Waals surface area contributed by atoms with Crippen LogP contribution in [0.1, 0.15) is 53.3 Å². The fourth-order valence-corrected chi connectivity index (χ4v) is 4.28. The first-order chi connectivity index (χ1) is 16.2. The first-order valence-corrected chi connectivity index (χ1v) is 10.6. The van der Waals surface area contributed by atoms with Gasteiger partial charge in [-0.3, -0.25) is 9.36 Å². The number of carbonyl (C=O) groups is 2. The second-order valence-electron chi connectivity index (χ2n) is 8.11. The predicted molar refractivity (Wildman–Crippen MR) is 113 cm³/mol. The minimum absolute atomic E-state index is 0.156. The molecule has 1 aliphatic carbocycles. The Morgan fingerprint density at radius 1 is 1.00 bits per heavy atom. The van der Waals surface area contributed by atoms with Crippen LogP contribution >= 0.6 is 0 Å². The largest absolute Gasteiger partial charge is 0.371 e. The molecule has 0 amide bonds. The third kappa shape index (κ3) is 4.20. The zero-order valence-electron chi connectivity index (χ0n) is 18.0. The number of oxime groups is 1. The van der Waals surface area contributed by atoms with Gasteiger partial charge in [-0.05, 0) is 37.3 Å². The SMILES string of the molecule is CC(=O)n1cc(CC2CCCC/C2=N\OC(=O)c2c(F)c(F)c(F)c(F)c2F)c2ccccc21. The van der Waals surface area contributed by atoms with Gasteiger partial charge >= 0.3 is 5.97 Å². The molecule has 0 spiro atoms. The molecule has 0 aliphatic heterocycles. The molecule has 3 aromatic rings. The number of para-hydroxylation sites is 1. The number of carbonyl (C=O) groups excluding carboxylic acids is 2. The summed E-state index contributed by atoms with van der Waals surface area (Å²) in [5, 5.41) is 4.62. The van der Waals surface area contributed by atoms with Crippen molar-refractivity contribution in [2.24, 2.45) is 11.1 Å². The molecule has 5 nitrogen and oxygen atoms in total. The van der Waals surface area contributed by atoms with Gasteiger partial charge in [-0.2, -0.15) is 0 Å². The van der Waals surface area contributed by atoms with Crippen molar-refractivity contribution < 1.29 is 36.4 Å². The maximum Gasteiger partial charge on any atom is 0.371 e. The van der Waals surface area contributed by atoms with Gasteiger partial charge in [-0.1, -0.05) is 29.8 Å². The van der Waals surface area contributed by atoms with E-state index in [1.807, 2.05) is 24.3 Å². The summed E-state index contributed by atoms with van der Waals surface area (Å²) in [5.41, 5.74) is 0.356. The van der Waals surface area contributed by atoms with E-state index in [-0.39, 0.29) is 11.8 Å². The monoisotopic (exact) mass is 478 g/mol. The lowest BCUT2D eigenvalue weighted by molar-refractivity contribution is 0.0496. The van der Waals surface area contributed by atoms with Gasteiger partial charge < -0.3 is 4.84 Å². The molecule has 1 saturated carbocycles. The molecule has 1 heterocycles. The van der Waals surface area contributed by atoms with E-state index >= 15 is 0 Å². The summed E-state index contributed by atoms with van der Waals surface area (Å²) >= 11 is 0. The van der Waals surface area contributed by atoms with Crippen molar-refractivity contribution in [1.29, 1.82) is 0 Å². The molecular formula is C24H19F5N2O3. The van der Waals surface area contributed by atoms with E-state index in [0.29, 0.717) is 25.0 Å². The molecule has 2 aromatic carbocycles. The van der Waals surface area contributed by atoms with Gasteiger partial charge in [-0.25, -0.2) is 26.7 Å². The summed E-state index contributed by atoms with van der Waals surface area (Å²) in [6.07, 6.45) is 4.89. The molecule has 0 saturated heterocycles. The van der Waals surface area contributed by atoms with E-state index in [4.69, 9.17) is 0 Å². The van der Waals surface area contributed by atoms with Gasteiger partial charge in [0.15, 0.2) is 23.3 Å². The van der Waals surface area contributed by atoms with Crippen molar-refractivity contribution in [3.05, 3.63) is 70.7 Å². The normalized spacial score (nSPS) is 17.4. The third-order valence-electron chi connectivity index (χ3n) is 5.97. The van der Waals surface area contributed by atoms with Crippen molar-refractivity contribution in [2.75, 3.05) is 0 Å². The van der Waals surface area contributed by atoms with Crippen LogP contribution in [0.15, 0.2) is 35.6 Å². The molecule has 1 aliphatic rings. The fraction of sp³-hybridized carbons (Fsp3) is 0.292. The van der Waals surface area contributed by atoms with E-state index in [0.717, 1.165) is 29.3 Å². The van der Waals surface area contributed by atoms with E-state index < -0.39 is 40.6 Å². The number of aromatic nitrogens is 1. The average molecular weight is 478 g/mol. The quantitative estimate of drug-likeness (QED) is 0.153. The highest BCUT2D eigenvalue weighted by Crippen LogP contribution is 2.30. The Morgan fingerprint density at radius 3 is 2.32 bits per heavy atom. The lowest BCUT2D eigenvalue weighted by Crippen LogP contribution is -2.23. The topological polar surface area (TPSA) is 60.7 Å². The van der Waals surface area contributed by atoms with Crippen molar-refractivity contribution in [1.82, 2.24) is 4.57 Å². The van der Waals surface area contributed by atoms with Crippen LogP contribution in [0.5, 0.6) is 0 Å². The smallest absolute Gasteiger partial charge is 0.313 e. The number of hydrogen-bond acceptors (Lipinski definition) is 4. The molecule has 178 valence electrons. The highest BCUT2D eigenvalue weighted by molar-refractivity contribution is 5.95. The molecule has 0 bridgehead atoms. The first-order valence-electron chi connectivity index (χ1n) is 10.6. The zero-order valence-corrected chi connectivity index (χ0v) is 18.0. The van der Waals surface area contributed by atoms with E-state index in [9.17, 15) is 31.5 Å². The van der Waals surface area contributed by atoms with Crippen molar-refractivity contribution in [3.63, 3.8) is 0 Å². The van der Waals surface area contributed by atoms with Crippen LogP contribution in [0, 0.1) is 35.0 Å². The van der Waals surface area contributed by atoms with Crippen molar-refractivity contribution in [2.45, 2.75) is 39.0 Å². The molecule has 1 unspecified atom stereocenters. The molecule has 4 rings (SSSR count). The van der Waals surface area contributed by atoms with Crippen LogP contribution in [0.25, 0.3) is 10.9 Å². The summed E-state index contributed by atoms with van der Waals surface area (Å²) in [4.78, 5) is 28.8. The van der Waals surface area contributed by atoms with Crippen LogP contribution < -0.4 is 0 Å². The molecule has 10 heteroatoms. The van der Waals surface area contributed by atoms with Crippen LogP contribution in [0.4, 0.5) is 22.0 Å². The van der Waals surface area contributed by atoms with Crippen LogP contribution in [-0.2, 0) is 11.3 Å². The number of rotatable bonds is 4. The highest BCUT2D eigenvalue weighted by atomic mass is 19.2. The first kappa shape index (κ1) is 23.6. The molecule has 34 heavy (non-hydrogen) atoms. The predicted octanol–water partition coefficient (Wildman–Crippen LogP) is 5.94. The number of fused-ring (bicyclic) bond motifs is 1. The summed E-state index contributed by atoms with van der Waals surface area (Å²) in [6, 6.07) is 7.37. The molecular weight excluding hydrogens is 459 g/mol. The Kier molecular flexibility index (Phi) is 6.49. The van der Waals surface area contributed by atoms with E-state index in [1.165, 1.54) is 11.5 Å². The summed E-state index contributed by atoms with van der Waals surface area (Å²) < 4.78 is 69.4. The van der Waals surface area contributed by atoms with Gasteiger partial charge in [0.1, 0.15) is 5.56 Å². The minimum atomic E-state index is -2.37. The van der Waals surface area contributed by atoms with Crippen molar-refractivity contribution >= 4 is 28.5 Å². The number of benzene rings is 2.